The number of likely N-dealkylation sites (tertiary alicyclic amines) is 1. The molecule has 0 spiro atoms. The van der Waals surface area contributed by atoms with Crippen LogP contribution in [0.4, 0.5) is 0 Å². The molecule has 2 fully saturated rings. The van der Waals surface area contributed by atoms with Crippen LogP contribution < -0.4 is 0 Å². The van der Waals surface area contributed by atoms with Gasteiger partial charge in [-0.15, -0.1) is 0 Å². The second-order valence-electron chi connectivity index (χ2n) is 6.40. The van der Waals surface area contributed by atoms with E-state index in [1.165, 1.54) is 12.8 Å². The summed E-state index contributed by atoms with van der Waals surface area (Å²) in [5.74, 6) is 0.228. The Morgan fingerprint density at radius 1 is 1.11 bits per heavy atom. The number of hydrogen-bond acceptors (Lipinski definition) is 3. The number of carbonyl (C=O) groups is 1. The Kier molecular flexibility index (Phi) is 5.22. The Balaban J connectivity index is 1.77. The third-order valence-corrected chi connectivity index (χ3v) is 4.46. The Hall–Kier alpha value is -0.610. The van der Waals surface area contributed by atoms with E-state index in [4.69, 9.17) is 0 Å². The summed E-state index contributed by atoms with van der Waals surface area (Å²) in [6.07, 6.45) is 8.77. The van der Waals surface area contributed by atoms with Gasteiger partial charge >= 0.3 is 0 Å². The number of likely N-dealkylation sites (N-methyl/N-ethyl adjacent to an activating group) is 1. The molecule has 1 aliphatic heterocycles. The van der Waals surface area contributed by atoms with Crippen molar-refractivity contribution in [2.24, 2.45) is 0 Å². The van der Waals surface area contributed by atoms with Gasteiger partial charge in [-0.3, -0.25) is 9.69 Å². The van der Waals surface area contributed by atoms with Gasteiger partial charge in [0.2, 0.25) is 5.91 Å². The highest BCUT2D eigenvalue weighted by Gasteiger charge is 2.32. The molecule has 0 aromatic heterocycles. The van der Waals surface area contributed by atoms with Crippen molar-refractivity contribution in [2.45, 2.75) is 57.0 Å². The minimum atomic E-state index is -0.548. The topological polar surface area (TPSA) is 43.8 Å². The zero-order chi connectivity index (χ0) is 13.7. The molecule has 110 valence electrons. The lowest BCUT2D eigenvalue weighted by Gasteiger charge is -2.30. The van der Waals surface area contributed by atoms with E-state index in [9.17, 15) is 9.90 Å². The van der Waals surface area contributed by atoms with Crippen molar-refractivity contribution in [3.63, 3.8) is 0 Å². The number of hydrogen-bond donors (Lipinski definition) is 1. The molecular weight excluding hydrogens is 240 g/mol. The standard InChI is InChI=1S/C15H28N2O2/c1-16(13-15(19)8-4-5-9-15)12-14(18)17-10-6-2-3-7-11-17/h19H,2-13H2,1H3. The maximum absolute atomic E-state index is 12.2. The Labute approximate surface area is 116 Å². The van der Waals surface area contributed by atoms with Crippen LogP contribution in [0.15, 0.2) is 0 Å². The first-order chi connectivity index (χ1) is 9.09. The quantitative estimate of drug-likeness (QED) is 0.843. The van der Waals surface area contributed by atoms with Crippen LogP contribution in [0.2, 0.25) is 0 Å². The Morgan fingerprint density at radius 3 is 2.26 bits per heavy atom. The summed E-state index contributed by atoms with van der Waals surface area (Å²) in [5, 5.41) is 10.4. The van der Waals surface area contributed by atoms with E-state index in [1.807, 2.05) is 16.8 Å². The van der Waals surface area contributed by atoms with E-state index < -0.39 is 5.60 Å². The molecule has 2 aliphatic rings. The highest BCUT2D eigenvalue weighted by molar-refractivity contribution is 5.78. The predicted molar refractivity (Wildman–Crippen MR) is 76.0 cm³/mol. The summed E-state index contributed by atoms with van der Waals surface area (Å²) in [4.78, 5) is 16.2. The van der Waals surface area contributed by atoms with E-state index in [0.717, 1.165) is 51.6 Å². The number of nitrogens with zero attached hydrogens (tertiary/aromatic N) is 2. The lowest BCUT2D eigenvalue weighted by Crippen LogP contribution is -2.45. The molecule has 1 amide bonds. The highest BCUT2D eigenvalue weighted by Crippen LogP contribution is 2.29. The molecule has 4 heteroatoms. The summed E-state index contributed by atoms with van der Waals surface area (Å²) in [5.41, 5.74) is -0.548. The fourth-order valence-electron chi connectivity index (χ4n) is 3.40. The van der Waals surface area contributed by atoms with E-state index in [0.29, 0.717) is 13.1 Å². The van der Waals surface area contributed by atoms with Crippen molar-refractivity contribution in [2.75, 3.05) is 33.2 Å². The molecule has 0 bridgehead atoms. The summed E-state index contributed by atoms with van der Waals surface area (Å²) < 4.78 is 0. The number of carbonyl (C=O) groups excluding carboxylic acids is 1. The van der Waals surface area contributed by atoms with E-state index in [2.05, 4.69) is 0 Å². The third kappa shape index (κ3) is 4.46. The molecule has 1 saturated heterocycles. The van der Waals surface area contributed by atoms with Gasteiger partial charge in [-0.25, -0.2) is 0 Å². The van der Waals surface area contributed by atoms with Gasteiger partial charge in [0.1, 0.15) is 0 Å². The smallest absolute Gasteiger partial charge is 0.236 e. The van der Waals surface area contributed by atoms with Gasteiger partial charge in [0.15, 0.2) is 0 Å². The predicted octanol–water partition coefficient (Wildman–Crippen LogP) is 1.63. The van der Waals surface area contributed by atoms with Crippen LogP contribution in [0, 0.1) is 0 Å². The highest BCUT2D eigenvalue weighted by atomic mass is 16.3. The Morgan fingerprint density at radius 2 is 1.68 bits per heavy atom. The second kappa shape index (κ2) is 6.71. The first-order valence-corrected chi connectivity index (χ1v) is 7.78. The first-order valence-electron chi connectivity index (χ1n) is 7.78. The molecule has 4 nitrogen and oxygen atoms in total. The van der Waals surface area contributed by atoms with Gasteiger partial charge in [-0.1, -0.05) is 25.7 Å². The summed E-state index contributed by atoms with van der Waals surface area (Å²) >= 11 is 0. The lowest BCUT2D eigenvalue weighted by molar-refractivity contribution is -0.132. The maximum atomic E-state index is 12.2. The monoisotopic (exact) mass is 268 g/mol. The van der Waals surface area contributed by atoms with Crippen molar-refractivity contribution in [1.82, 2.24) is 9.80 Å². The molecule has 2 rings (SSSR count). The molecule has 1 heterocycles. The van der Waals surface area contributed by atoms with Gasteiger partial charge < -0.3 is 10.0 Å². The van der Waals surface area contributed by atoms with Crippen LogP contribution in [0.25, 0.3) is 0 Å². The minimum absolute atomic E-state index is 0.228. The first kappa shape index (κ1) is 14.8. The van der Waals surface area contributed by atoms with Crippen LogP contribution in [0.5, 0.6) is 0 Å². The molecule has 0 atom stereocenters. The minimum Gasteiger partial charge on any atom is -0.389 e. The van der Waals surface area contributed by atoms with Gasteiger partial charge in [0.05, 0.1) is 12.1 Å². The van der Waals surface area contributed by atoms with Crippen molar-refractivity contribution >= 4 is 5.91 Å². The summed E-state index contributed by atoms with van der Waals surface area (Å²) in [6.45, 7) is 2.91. The molecule has 0 unspecified atom stereocenters. The second-order valence-corrected chi connectivity index (χ2v) is 6.40. The van der Waals surface area contributed by atoms with Crippen LogP contribution in [-0.4, -0.2) is 59.6 Å². The lowest BCUT2D eigenvalue weighted by atomic mass is 10.0. The molecular formula is C15H28N2O2. The van der Waals surface area contributed by atoms with Crippen LogP contribution >= 0.6 is 0 Å². The Bertz CT molecular complexity index is 293. The molecule has 1 N–H and O–H groups in total. The zero-order valence-corrected chi connectivity index (χ0v) is 12.2. The number of aliphatic hydroxyl groups is 1. The normalized spacial score (nSPS) is 23.6. The SMILES string of the molecule is CN(CC(=O)N1CCCCCC1)CC1(O)CCCC1. The van der Waals surface area contributed by atoms with Crippen molar-refractivity contribution in [1.29, 1.82) is 0 Å². The zero-order valence-electron chi connectivity index (χ0n) is 12.2. The molecule has 1 aliphatic carbocycles. The van der Waals surface area contributed by atoms with Crippen LogP contribution in [-0.2, 0) is 4.79 Å². The van der Waals surface area contributed by atoms with Crippen molar-refractivity contribution < 1.29 is 9.90 Å². The van der Waals surface area contributed by atoms with Gasteiger partial charge in [0.25, 0.3) is 0 Å². The number of amides is 1. The molecule has 0 radical (unpaired) electrons. The number of rotatable bonds is 4. The van der Waals surface area contributed by atoms with Gasteiger partial charge in [-0.2, -0.15) is 0 Å². The van der Waals surface area contributed by atoms with E-state index >= 15 is 0 Å². The van der Waals surface area contributed by atoms with E-state index in [1.54, 1.807) is 0 Å². The summed E-state index contributed by atoms with van der Waals surface area (Å²) in [6, 6.07) is 0. The average molecular weight is 268 g/mol. The van der Waals surface area contributed by atoms with Crippen molar-refractivity contribution in [3.05, 3.63) is 0 Å². The molecule has 1 saturated carbocycles. The molecule has 19 heavy (non-hydrogen) atoms. The average Bonchev–Trinajstić information content (AvgIpc) is 2.64. The van der Waals surface area contributed by atoms with Gasteiger partial charge in [0, 0.05) is 19.6 Å². The van der Waals surface area contributed by atoms with Crippen LogP contribution in [0.3, 0.4) is 0 Å². The van der Waals surface area contributed by atoms with Gasteiger partial charge in [-0.05, 0) is 32.7 Å². The van der Waals surface area contributed by atoms with E-state index in [-0.39, 0.29) is 5.91 Å². The maximum Gasteiger partial charge on any atom is 0.236 e. The largest absolute Gasteiger partial charge is 0.389 e. The summed E-state index contributed by atoms with van der Waals surface area (Å²) in [7, 11) is 1.95. The molecule has 0 aromatic carbocycles. The van der Waals surface area contributed by atoms with Crippen molar-refractivity contribution in [3.8, 4) is 0 Å². The fourth-order valence-corrected chi connectivity index (χ4v) is 3.40. The molecule has 0 aromatic rings. The fraction of sp³-hybridized carbons (Fsp3) is 0.933. The van der Waals surface area contributed by atoms with Crippen LogP contribution in [0.1, 0.15) is 51.4 Å². The third-order valence-electron chi connectivity index (χ3n) is 4.46.